The molecule has 1 aromatic carbocycles. The zero-order chi connectivity index (χ0) is 13.3. The Hall–Kier alpha value is -1.72. The van der Waals surface area contributed by atoms with E-state index in [1.165, 1.54) is 22.5 Å². The molecule has 18 heavy (non-hydrogen) atoms. The number of benzene rings is 1. The highest BCUT2D eigenvalue weighted by Gasteiger charge is 2.18. The molecule has 0 amide bonds. The molecule has 3 N–H and O–H groups in total. The molecular formula is C13H14N2O2S. The van der Waals surface area contributed by atoms with E-state index < -0.39 is 12.0 Å². The average molecular weight is 262 g/mol. The lowest BCUT2D eigenvalue weighted by Crippen LogP contribution is -2.20. The van der Waals surface area contributed by atoms with Crippen molar-refractivity contribution < 1.29 is 9.90 Å². The minimum Gasteiger partial charge on any atom is -0.480 e. The number of carboxylic acids is 1. The maximum absolute atomic E-state index is 10.8. The third kappa shape index (κ3) is 2.42. The van der Waals surface area contributed by atoms with Gasteiger partial charge in [0.15, 0.2) is 6.04 Å². The van der Waals surface area contributed by atoms with E-state index in [1.807, 2.05) is 37.4 Å². The van der Waals surface area contributed by atoms with E-state index in [9.17, 15) is 4.79 Å². The minimum atomic E-state index is -1.06. The first-order chi connectivity index (χ1) is 8.49. The molecule has 0 aliphatic heterocycles. The van der Waals surface area contributed by atoms with Gasteiger partial charge < -0.3 is 10.8 Å². The van der Waals surface area contributed by atoms with Gasteiger partial charge in [-0.2, -0.15) is 0 Å². The molecule has 1 unspecified atom stereocenters. The lowest BCUT2D eigenvalue weighted by atomic mass is 10.1. The van der Waals surface area contributed by atoms with Gasteiger partial charge in [-0.1, -0.05) is 12.1 Å². The summed E-state index contributed by atoms with van der Waals surface area (Å²) >= 11 is 1.27. The summed E-state index contributed by atoms with van der Waals surface area (Å²) < 4.78 is 0. The SMILES string of the molecule is Cc1ccc(-c2csc(C(N)C(=O)O)n2)cc1C. The van der Waals surface area contributed by atoms with Crippen LogP contribution in [0.5, 0.6) is 0 Å². The van der Waals surface area contributed by atoms with Gasteiger partial charge in [-0.25, -0.2) is 4.98 Å². The third-order valence-electron chi connectivity index (χ3n) is 2.86. The summed E-state index contributed by atoms with van der Waals surface area (Å²) in [5, 5.41) is 11.1. The van der Waals surface area contributed by atoms with Crippen molar-refractivity contribution in [3.8, 4) is 11.3 Å². The Balaban J connectivity index is 2.35. The van der Waals surface area contributed by atoms with Gasteiger partial charge in [0, 0.05) is 10.9 Å². The number of carboxylic acid groups (broad SMARTS) is 1. The Morgan fingerprint density at radius 3 is 2.72 bits per heavy atom. The lowest BCUT2D eigenvalue weighted by molar-refractivity contribution is -0.138. The monoisotopic (exact) mass is 262 g/mol. The zero-order valence-electron chi connectivity index (χ0n) is 10.2. The number of carbonyl (C=O) groups is 1. The molecule has 0 aliphatic carbocycles. The molecular weight excluding hydrogens is 248 g/mol. The number of hydrogen-bond acceptors (Lipinski definition) is 4. The molecule has 2 rings (SSSR count). The van der Waals surface area contributed by atoms with Gasteiger partial charge in [0.05, 0.1) is 5.69 Å². The highest BCUT2D eigenvalue weighted by atomic mass is 32.1. The van der Waals surface area contributed by atoms with Crippen LogP contribution < -0.4 is 5.73 Å². The smallest absolute Gasteiger partial charge is 0.327 e. The maximum Gasteiger partial charge on any atom is 0.327 e. The standard InChI is InChI=1S/C13H14N2O2S/c1-7-3-4-9(5-8(7)2)10-6-18-12(15-10)11(14)13(16)17/h3-6,11H,14H2,1-2H3,(H,16,17). The normalized spacial score (nSPS) is 12.4. The van der Waals surface area contributed by atoms with E-state index in [2.05, 4.69) is 4.98 Å². The summed E-state index contributed by atoms with van der Waals surface area (Å²) in [5.41, 5.74) is 9.69. The molecule has 0 fully saturated rings. The summed E-state index contributed by atoms with van der Waals surface area (Å²) in [7, 11) is 0. The number of nitrogens with two attached hydrogens (primary N) is 1. The molecule has 0 radical (unpaired) electrons. The fourth-order valence-electron chi connectivity index (χ4n) is 1.57. The summed E-state index contributed by atoms with van der Waals surface area (Å²) in [6.07, 6.45) is 0. The van der Waals surface area contributed by atoms with Crippen molar-refractivity contribution in [2.45, 2.75) is 19.9 Å². The van der Waals surface area contributed by atoms with Crippen LogP contribution in [0, 0.1) is 13.8 Å². The number of thiazole rings is 1. The average Bonchev–Trinajstić information content (AvgIpc) is 2.81. The molecule has 1 heterocycles. The predicted molar refractivity (Wildman–Crippen MR) is 71.6 cm³/mol. The van der Waals surface area contributed by atoms with E-state index in [0.29, 0.717) is 5.01 Å². The molecule has 1 aromatic heterocycles. The fourth-order valence-corrected chi connectivity index (χ4v) is 2.39. The van der Waals surface area contributed by atoms with Crippen molar-refractivity contribution in [3.05, 3.63) is 39.7 Å². The van der Waals surface area contributed by atoms with E-state index in [-0.39, 0.29) is 0 Å². The van der Waals surface area contributed by atoms with Crippen LogP contribution in [-0.4, -0.2) is 16.1 Å². The number of hydrogen-bond donors (Lipinski definition) is 2. The van der Waals surface area contributed by atoms with Crippen LogP contribution in [0.4, 0.5) is 0 Å². The Morgan fingerprint density at radius 1 is 1.39 bits per heavy atom. The molecule has 0 spiro atoms. The molecule has 1 atom stereocenters. The molecule has 0 aliphatic rings. The van der Waals surface area contributed by atoms with Gasteiger partial charge in [-0.3, -0.25) is 4.79 Å². The largest absolute Gasteiger partial charge is 0.480 e. The van der Waals surface area contributed by atoms with Crippen LogP contribution in [0.1, 0.15) is 22.2 Å². The number of nitrogens with zero attached hydrogens (tertiary/aromatic N) is 1. The van der Waals surface area contributed by atoms with Crippen molar-refractivity contribution in [2.24, 2.45) is 5.73 Å². The fraction of sp³-hybridized carbons (Fsp3) is 0.231. The van der Waals surface area contributed by atoms with Crippen LogP contribution in [-0.2, 0) is 4.79 Å². The highest BCUT2D eigenvalue weighted by Crippen LogP contribution is 2.26. The van der Waals surface area contributed by atoms with Crippen molar-refractivity contribution in [2.75, 3.05) is 0 Å². The Morgan fingerprint density at radius 2 is 2.11 bits per heavy atom. The minimum absolute atomic E-state index is 0.427. The first-order valence-electron chi connectivity index (χ1n) is 5.50. The van der Waals surface area contributed by atoms with Crippen LogP contribution in [0.3, 0.4) is 0 Å². The van der Waals surface area contributed by atoms with Gasteiger partial charge in [0.25, 0.3) is 0 Å². The number of rotatable bonds is 3. The summed E-state index contributed by atoms with van der Waals surface area (Å²) in [6.45, 7) is 4.08. The van der Waals surface area contributed by atoms with Crippen molar-refractivity contribution >= 4 is 17.3 Å². The number of aliphatic carboxylic acids is 1. The van der Waals surface area contributed by atoms with Gasteiger partial charge in [-0.05, 0) is 31.0 Å². The van der Waals surface area contributed by atoms with Crippen molar-refractivity contribution in [1.29, 1.82) is 0 Å². The predicted octanol–water partition coefficient (Wildman–Crippen LogP) is 2.51. The summed E-state index contributed by atoms with van der Waals surface area (Å²) in [5.74, 6) is -1.06. The molecule has 4 nitrogen and oxygen atoms in total. The van der Waals surface area contributed by atoms with Gasteiger partial charge in [-0.15, -0.1) is 11.3 Å². The summed E-state index contributed by atoms with van der Waals surface area (Å²) in [6, 6.07) is 5.00. The van der Waals surface area contributed by atoms with Crippen molar-refractivity contribution in [3.63, 3.8) is 0 Å². The van der Waals surface area contributed by atoms with Gasteiger partial charge in [0.2, 0.25) is 0 Å². The Kier molecular flexibility index (Phi) is 3.45. The van der Waals surface area contributed by atoms with Crippen LogP contribution in [0.2, 0.25) is 0 Å². The molecule has 0 saturated heterocycles. The number of aryl methyl sites for hydroxylation is 2. The van der Waals surface area contributed by atoms with E-state index in [4.69, 9.17) is 10.8 Å². The second kappa shape index (κ2) is 4.88. The molecule has 5 heteroatoms. The van der Waals surface area contributed by atoms with Crippen LogP contribution >= 0.6 is 11.3 Å². The molecule has 0 bridgehead atoms. The molecule has 0 saturated carbocycles. The topological polar surface area (TPSA) is 76.2 Å². The second-order valence-corrected chi connectivity index (χ2v) is 5.08. The van der Waals surface area contributed by atoms with Crippen LogP contribution in [0.25, 0.3) is 11.3 Å². The van der Waals surface area contributed by atoms with Gasteiger partial charge >= 0.3 is 5.97 Å². The highest BCUT2D eigenvalue weighted by molar-refractivity contribution is 7.10. The molecule has 94 valence electrons. The number of aromatic nitrogens is 1. The van der Waals surface area contributed by atoms with E-state index in [0.717, 1.165) is 11.3 Å². The Labute approximate surface area is 109 Å². The first-order valence-corrected chi connectivity index (χ1v) is 6.38. The zero-order valence-corrected chi connectivity index (χ0v) is 11.0. The first kappa shape index (κ1) is 12.7. The van der Waals surface area contributed by atoms with Crippen LogP contribution in [0.15, 0.2) is 23.6 Å². The maximum atomic E-state index is 10.8. The second-order valence-electron chi connectivity index (χ2n) is 4.19. The lowest BCUT2D eigenvalue weighted by Gasteiger charge is -2.03. The van der Waals surface area contributed by atoms with E-state index in [1.54, 1.807) is 0 Å². The van der Waals surface area contributed by atoms with E-state index >= 15 is 0 Å². The third-order valence-corrected chi connectivity index (χ3v) is 3.78. The molecule has 2 aromatic rings. The quantitative estimate of drug-likeness (QED) is 0.891. The van der Waals surface area contributed by atoms with Gasteiger partial charge in [0.1, 0.15) is 5.01 Å². The Bertz CT molecular complexity index is 592. The van der Waals surface area contributed by atoms with Crippen molar-refractivity contribution in [1.82, 2.24) is 4.98 Å². The summed E-state index contributed by atoms with van der Waals surface area (Å²) in [4.78, 5) is 15.1.